The summed E-state index contributed by atoms with van der Waals surface area (Å²) >= 11 is 1.48. The monoisotopic (exact) mass is 471 g/mol. The van der Waals surface area contributed by atoms with Gasteiger partial charge in [-0.3, -0.25) is 9.69 Å². The fraction of sp³-hybridized carbons (Fsp3) is 0.391. The lowest BCUT2D eigenvalue weighted by molar-refractivity contribution is 0.0587. The van der Waals surface area contributed by atoms with Crippen LogP contribution in [0.1, 0.15) is 22.3 Å². The van der Waals surface area contributed by atoms with Crippen molar-refractivity contribution in [1.82, 2.24) is 14.8 Å². The van der Waals surface area contributed by atoms with Gasteiger partial charge < -0.3 is 9.32 Å². The molecule has 9 heteroatoms. The van der Waals surface area contributed by atoms with E-state index in [0.717, 1.165) is 16.7 Å². The Morgan fingerprint density at radius 1 is 1.06 bits per heavy atom. The fourth-order valence-corrected chi connectivity index (χ4v) is 7.03. The van der Waals surface area contributed by atoms with E-state index >= 15 is 0 Å². The molecular formula is C23H25N3O4S2. The number of carbonyl (C=O) groups excluding carboxylic acids is 1. The van der Waals surface area contributed by atoms with Crippen molar-refractivity contribution in [2.75, 3.05) is 37.7 Å². The predicted molar refractivity (Wildman–Crippen MR) is 125 cm³/mol. The number of hydrogen-bond donors (Lipinski definition) is 0. The SMILES string of the molecule is O=C(c1ccccc1CSc1nc2ccccc2o1)N1CCN(C2CCS(=O)(=O)C2)CC1. The summed E-state index contributed by atoms with van der Waals surface area (Å²) in [5.41, 5.74) is 3.24. The number of piperazine rings is 1. The molecule has 2 saturated heterocycles. The summed E-state index contributed by atoms with van der Waals surface area (Å²) in [6.07, 6.45) is 0.701. The number of fused-ring (bicyclic) bond motifs is 1. The molecule has 2 aromatic carbocycles. The first-order valence-corrected chi connectivity index (χ1v) is 13.6. The van der Waals surface area contributed by atoms with Gasteiger partial charge in [-0.15, -0.1) is 0 Å². The molecule has 7 nitrogen and oxygen atoms in total. The van der Waals surface area contributed by atoms with E-state index in [1.54, 1.807) is 0 Å². The first-order chi connectivity index (χ1) is 15.5. The quantitative estimate of drug-likeness (QED) is 0.529. The van der Waals surface area contributed by atoms with Crippen LogP contribution in [0.4, 0.5) is 0 Å². The van der Waals surface area contributed by atoms with Gasteiger partial charge in [0.1, 0.15) is 5.52 Å². The second-order valence-electron chi connectivity index (χ2n) is 8.28. The van der Waals surface area contributed by atoms with Crippen LogP contribution in [0.15, 0.2) is 58.2 Å². The van der Waals surface area contributed by atoms with E-state index in [1.165, 1.54) is 11.8 Å². The number of para-hydroxylation sites is 2. The molecule has 3 aromatic rings. The third-order valence-electron chi connectivity index (χ3n) is 6.20. The molecule has 1 aromatic heterocycles. The van der Waals surface area contributed by atoms with Crippen LogP contribution in [-0.2, 0) is 15.6 Å². The zero-order valence-electron chi connectivity index (χ0n) is 17.6. The molecule has 0 N–H and O–H groups in total. The van der Waals surface area contributed by atoms with E-state index in [0.29, 0.717) is 49.1 Å². The molecule has 168 valence electrons. The average molecular weight is 472 g/mol. The Labute approximate surface area is 191 Å². The molecule has 1 atom stereocenters. The van der Waals surface area contributed by atoms with Crippen molar-refractivity contribution in [3.05, 3.63) is 59.7 Å². The summed E-state index contributed by atoms with van der Waals surface area (Å²) in [6.45, 7) is 2.65. The fourth-order valence-electron chi connectivity index (χ4n) is 4.43. The molecule has 0 aliphatic carbocycles. The summed E-state index contributed by atoms with van der Waals surface area (Å²) in [5.74, 6) is 1.14. The first-order valence-electron chi connectivity index (χ1n) is 10.8. The first kappa shape index (κ1) is 21.5. The zero-order chi connectivity index (χ0) is 22.1. The van der Waals surface area contributed by atoms with Crippen LogP contribution < -0.4 is 0 Å². The molecule has 0 saturated carbocycles. The number of nitrogens with zero attached hydrogens (tertiary/aromatic N) is 3. The number of sulfone groups is 1. The average Bonchev–Trinajstić information content (AvgIpc) is 3.40. The molecule has 0 radical (unpaired) electrons. The number of amides is 1. The topological polar surface area (TPSA) is 83.7 Å². The van der Waals surface area contributed by atoms with Gasteiger partial charge in [0.15, 0.2) is 15.4 Å². The molecule has 2 aliphatic rings. The van der Waals surface area contributed by atoms with E-state index in [9.17, 15) is 13.2 Å². The third kappa shape index (κ3) is 4.55. The van der Waals surface area contributed by atoms with Crippen molar-refractivity contribution >= 4 is 38.6 Å². The highest BCUT2D eigenvalue weighted by atomic mass is 32.2. The van der Waals surface area contributed by atoms with Gasteiger partial charge in [0, 0.05) is 43.5 Å². The Balaban J connectivity index is 1.23. The second-order valence-corrected chi connectivity index (χ2v) is 11.4. The van der Waals surface area contributed by atoms with Crippen molar-refractivity contribution < 1.29 is 17.6 Å². The van der Waals surface area contributed by atoms with E-state index in [2.05, 4.69) is 9.88 Å². The number of benzene rings is 2. The Hall–Kier alpha value is -2.36. The maximum Gasteiger partial charge on any atom is 0.257 e. The second kappa shape index (κ2) is 8.88. The molecule has 3 heterocycles. The molecule has 32 heavy (non-hydrogen) atoms. The summed E-state index contributed by atoms with van der Waals surface area (Å²) in [6, 6.07) is 15.4. The summed E-state index contributed by atoms with van der Waals surface area (Å²) in [5, 5.41) is 0.591. The van der Waals surface area contributed by atoms with Gasteiger partial charge in [0.25, 0.3) is 11.1 Å². The van der Waals surface area contributed by atoms with Gasteiger partial charge in [-0.1, -0.05) is 42.1 Å². The number of oxazole rings is 1. The summed E-state index contributed by atoms with van der Waals surface area (Å²) in [7, 11) is -2.90. The number of aromatic nitrogens is 1. The van der Waals surface area contributed by atoms with Gasteiger partial charge >= 0.3 is 0 Å². The van der Waals surface area contributed by atoms with Crippen molar-refractivity contribution in [2.24, 2.45) is 0 Å². The van der Waals surface area contributed by atoms with Gasteiger partial charge in [-0.25, -0.2) is 13.4 Å². The van der Waals surface area contributed by atoms with Crippen LogP contribution in [0.5, 0.6) is 0 Å². The van der Waals surface area contributed by atoms with Crippen LogP contribution in [0.2, 0.25) is 0 Å². The number of rotatable bonds is 5. The highest BCUT2D eigenvalue weighted by Crippen LogP contribution is 2.28. The van der Waals surface area contributed by atoms with Gasteiger partial charge in [-0.2, -0.15) is 0 Å². The van der Waals surface area contributed by atoms with Crippen LogP contribution in [0, 0.1) is 0 Å². The van der Waals surface area contributed by atoms with Crippen LogP contribution >= 0.6 is 11.8 Å². The minimum absolute atomic E-state index is 0.0254. The largest absolute Gasteiger partial charge is 0.431 e. The Morgan fingerprint density at radius 3 is 2.56 bits per heavy atom. The van der Waals surface area contributed by atoms with Crippen molar-refractivity contribution in [3.63, 3.8) is 0 Å². The van der Waals surface area contributed by atoms with Gasteiger partial charge in [-0.05, 0) is 30.2 Å². The smallest absolute Gasteiger partial charge is 0.257 e. The number of thioether (sulfide) groups is 1. The molecule has 1 unspecified atom stereocenters. The minimum Gasteiger partial charge on any atom is -0.431 e. The van der Waals surface area contributed by atoms with Crippen LogP contribution in [-0.4, -0.2) is 72.8 Å². The molecule has 0 spiro atoms. The lowest BCUT2D eigenvalue weighted by Crippen LogP contribution is -2.52. The van der Waals surface area contributed by atoms with Crippen molar-refractivity contribution in [1.29, 1.82) is 0 Å². The maximum atomic E-state index is 13.3. The predicted octanol–water partition coefficient (Wildman–Crippen LogP) is 3.07. The molecule has 5 rings (SSSR count). The highest BCUT2D eigenvalue weighted by Gasteiger charge is 2.34. The lowest BCUT2D eigenvalue weighted by Gasteiger charge is -2.37. The van der Waals surface area contributed by atoms with Gasteiger partial charge in [0.2, 0.25) is 0 Å². The summed E-state index contributed by atoms with van der Waals surface area (Å²) in [4.78, 5) is 21.9. The lowest BCUT2D eigenvalue weighted by atomic mass is 10.1. The van der Waals surface area contributed by atoms with Crippen LogP contribution in [0.25, 0.3) is 11.1 Å². The van der Waals surface area contributed by atoms with E-state index in [4.69, 9.17) is 4.42 Å². The third-order valence-corrected chi connectivity index (χ3v) is 8.83. The van der Waals surface area contributed by atoms with E-state index < -0.39 is 9.84 Å². The van der Waals surface area contributed by atoms with E-state index in [-0.39, 0.29) is 23.5 Å². The molecule has 1 amide bonds. The standard InChI is InChI=1S/C23H25N3O4S2/c27-22(26-12-10-25(11-13-26)18-9-14-32(28,29)16-18)19-6-2-1-5-17(19)15-31-23-24-20-7-3-4-8-21(20)30-23/h1-8,18H,9-16H2. The van der Waals surface area contributed by atoms with Crippen molar-refractivity contribution in [2.45, 2.75) is 23.4 Å². The molecule has 2 aliphatic heterocycles. The minimum atomic E-state index is -2.90. The van der Waals surface area contributed by atoms with Gasteiger partial charge in [0.05, 0.1) is 11.5 Å². The summed E-state index contributed by atoms with van der Waals surface area (Å²) < 4.78 is 29.4. The van der Waals surface area contributed by atoms with Crippen LogP contribution in [0.3, 0.4) is 0 Å². The number of carbonyl (C=O) groups is 1. The number of hydrogen-bond acceptors (Lipinski definition) is 7. The molecular weight excluding hydrogens is 446 g/mol. The Kier molecular flexibility index (Phi) is 5.96. The Morgan fingerprint density at radius 2 is 1.81 bits per heavy atom. The zero-order valence-corrected chi connectivity index (χ0v) is 19.3. The normalized spacial score (nSPS) is 21.2. The molecule has 2 fully saturated rings. The van der Waals surface area contributed by atoms with Crippen molar-refractivity contribution in [3.8, 4) is 0 Å². The van der Waals surface area contributed by atoms with E-state index in [1.807, 2.05) is 53.4 Å². The Bertz CT molecular complexity index is 1200. The maximum absolute atomic E-state index is 13.3. The highest BCUT2D eigenvalue weighted by molar-refractivity contribution is 7.98. The molecule has 0 bridgehead atoms.